The molecule has 2 aromatic heterocycles. The Kier molecular flexibility index (Phi) is 8.52. The molecule has 6 rings (SSSR count). The third kappa shape index (κ3) is 6.45. The molecule has 7 nitrogen and oxygen atoms in total. The molecule has 4 aromatic carbocycles. The molecule has 1 atom stereocenters. The summed E-state index contributed by atoms with van der Waals surface area (Å²) in [5, 5.41) is 0.636. The summed E-state index contributed by atoms with van der Waals surface area (Å²) in [6.45, 7) is 7.30. The first-order chi connectivity index (χ1) is 22.5. The van der Waals surface area contributed by atoms with E-state index in [-0.39, 0.29) is 17.8 Å². The van der Waals surface area contributed by atoms with Gasteiger partial charge in [-0.2, -0.15) is 0 Å². The van der Waals surface area contributed by atoms with Crippen LogP contribution in [0.15, 0.2) is 113 Å². The van der Waals surface area contributed by atoms with Crippen LogP contribution in [0, 0.1) is 12.7 Å². The van der Waals surface area contributed by atoms with Gasteiger partial charge >= 0.3 is 5.97 Å². The fourth-order valence-electron chi connectivity index (χ4n) is 5.89. The van der Waals surface area contributed by atoms with Crippen LogP contribution in [-0.2, 0) is 23.0 Å². The Balaban J connectivity index is 1.52. The fourth-order valence-corrected chi connectivity index (χ4v) is 5.89. The minimum atomic E-state index is -0.918. The molecule has 0 aliphatic heterocycles. The van der Waals surface area contributed by atoms with Crippen molar-refractivity contribution in [1.82, 2.24) is 14.5 Å². The Labute approximate surface area is 272 Å². The molecule has 2 heterocycles. The van der Waals surface area contributed by atoms with Crippen LogP contribution >= 0.6 is 0 Å². The number of pyridine rings is 1. The van der Waals surface area contributed by atoms with Gasteiger partial charge in [-0.3, -0.25) is 19.8 Å². The second-order valence-corrected chi connectivity index (χ2v) is 12.5. The summed E-state index contributed by atoms with van der Waals surface area (Å²) < 4.78 is 21.7. The molecule has 0 bridgehead atoms. The third-order valence-electron chi connectivity index (χ3n) is 8.07. The molecule has 0 radical (unpaired) electrons. The van der Waals surface area contributed by atoms with Crippen molar-refractivity contribution in [2.45, 2.75) is 45.8 Å². The van der Waals surface area contributed by atoms with Gasteiger partial charge in [0.1, 0.15) is 11.4 Å². The molecule has 0 unspecified atom stereocenters. The van der Waals surface area contributed by atoms with Crippen molar-refractivity contribution in [2.75, 3.05) is 0 Å². The SMILES string of the molecule is Cc1c(-c2ccc(C[C@H](N=C(c3ccccc3)c3ccccc3)C(=O)OC(C)(C)C)c3nccnc23)c(=O)n(C)c2ccc(F)cc12. The van der Waals surface area contributed by atoms with E-state index in [9.17, 15) is 14.0 Å². The van der Waals surface area contributed by atoms with Crippen LogP contribution in [0.3, 0.4) is 0 Å². The number of ether oxygens (including phenoxy) is 1. The van der Waals surface area contributed by atoms with Crippen LogP contribution in [0.1, 0.15) is 43.0 Å². The lowest BCUT2D eigenvalue weighted by molar-refractivity contribution is -0.156. The van der Waals surface area contributed by atoms with Crippen molar-refractivity contribution >= 4 is 33.6 Å². The Morgan fingerprint density at radius 3 is 2.13 bits per heavy atom. The van der Waals surface area contributed by atoms with Crippen molar-refractivity contribution in [1.29, 1.82) is 0 Å². The smallest absolute Gasteiger partial charge is 0.331 e. The number of aryl methyl sites for hydroxylation is 2. The minimum Gasteiger partial charge on any atom is -0.458 e. The second-order valence-electron chi connectivity index (χ2n) is 12.5. The van der Waals surface area contributed by atoms with Gasteiger partial charge in [-0.15, -0.1) is 0 Å². The topological polar surface area (TPSA) is 86.4 Å². The summed E-state index contributed by atoms with van der Waals surface area (Å²) in [7, 11) is 1.67. The predicted molar refractivity (Wildman–Crippen MR) is 184 cm³/mol. The van der Waals surface area contributed by atoms with E-state index in [0.29, 0.717) is 44.3 Å². The highest BCUT2D eigenvalue weighted by Crippen LogP contribution is 2.33. The Hall–Kier alpha value is -5.50. The number of hydrogen-bond donors (Lipinski definition) is 0. The first-order valence-electron chi connectivity index (χ1n) is 15.4. The van der Waals surface area contributed by atoms with Crippen LogP contribution in [0.4, 0.5) is 4.39 Å². The van der Waals surface area contributed by atoms with Crippen LogP contribution in [0.5, 0.6) is 0 Å². The monoisotopic (exact) mass is 626 g/mol. The van der Waals surface area contributed by atoms with E-state index in [0.717, 1.165) is 16.7 Å². The molecule has 0 spiro atoms. The molecule has 0 saturated heterocycles. The van der Waals surface area contributed by atoms with Gasteiger partial charge in [0.05, 0.1) is 27.8 Å². The van der Waals surface area contributed by atoms with Crippen molar-refractivity contribution in [3.05, 3.63) is 142 Å². The number of aliphatic imine (C=N–C) groups is 1. The van der Waals surface area contributed by atoms with Gasteiger partial charge in [-0.05, 0) is 57.0 Å². The number of halogens is 1. The van der Waals surface area contributed by atoms with E-state index in [4.69, 9.17) is 9.73 Å². The molecule has 0 fully saturated rings. The number of esters is 1. The van der Waals surface area contributed by atoms with E-state index in [1.807, 2.05) is 100 Å². The van der Waals surface area contributed by atoms with E-state index < -0.39 is 17.6 Å². The molecular weight excluding hydrogens is 591 g/mol. The van der Waals surface area contributed by atoms with E-state index >= 15 is 0 Å². The first-order valence-corrected chi connectivity index (χ1v) is 15.4. The number of benzene rings is 4. The van der Waals surface area contributed by atoms with E-state index in [1.54, 1.807) is 25.5 Å². The molecule has 0 amide bonds. The lowest BCUT2D eigenvalue weighted by Gasteiger charge is -2.23. The van der Waals surface area contributed by atoms with Gasteiger partial charge in [0.15, 0.2) is 6.04 Å². The van der Waals surface area contributed by atoms with Crippen LogP contribution in [-0.4, -0.2) is 37.9 Å². The van der Waals surface area contributed by atoms with Gasteiger partial charge in [0.2, 0.25) is 0 Å². The lowest BCUT2D eigenvalue weighted by Crippen LogP contribution is -2.33. The zero-order valence-corrected chi connectivity index (χ0v) is 27.0. The fraction of sp³-hybridized carbons (Fsp3) is 0.205. The van der Waals surface area contributed by atoms with Crippen LogP contribution in [0.25, 0.3) is 33.1 Å². The van der Waals surface area contributed by atoms with Crippen LogP contribution < -0.4 is 5.56 Å². The maximum atomic E-state index is 14.3. The number of nitrogens with zero attached hydrogens (tertiary/aromatic N) is 4. The van der Waals surface area contributed by atoms with Gasteiger partial charge in [-0.1, -0.05) is 72.8 Å². The number of carbonyl (C=O) groups excluding carboxylic acids is 1. The van der Waals surface area contributed by atoms with Crippen LogP contribution in [0.2, 0.25) is 0 Å². The zero-order valence-electron chi connectivity index (χ0n) is 27.0. The molecule has 0 saturated carbocycles. The Morgan fingerprint density at radius 2 is 1.51 bits per heavy atom. The zero-order chi connectivity index (χ0) is 33.3. The van der Waals surface area contributed by atoms with E-state index in [1.165, 1.54) is 16.7 Å². The van der Waals surface area contributed by atoms with Crippen molar-refractivity contribution in [3.8, 4) is 11.1 Å². The summed E-state index contributed by atoms with van der Waals surface area (Å²) >= 11 is 0. The highest BCUT2D eigenvalue weighted by atomic mass is 19.1. The normalized spacial score (nSPS) is 12.2. The summed E-state index contributed by atoms with van der Waals surface area (Å²) in [6, 6.07) is 26.6. The predicted octanol–water partition coefficient (Wildman–Crippen LogP) is 7.39. The molecule has 236 valence electrons. The average molecular weight is 627 g/mol. The lowest BCUT2D eigenvalue weighted by atomic mass is 9.94. The first kappa shape index (κ1) is 31.5. The maximum absolute atomic E-state index is 14.3. The molecular formula is C39H35FN4O3. The molecule has 8 heteroatoms. The van der Waals surface area contributed by atoms with Crippen molar-refractivity contribution < 1.29 is 13.9 Å². The largest absolute Gasteiger partial charge is 0.458 e. The average Bonchev–Trinajstić information content (AvgIpc) is 3.06. The molecule has 47 heavy (non-hydrogen) atoms. The molecule has 0 aliphatic rings. The van der Waals surface area contributed by atoms with E-state index in [2.05, 4.69) is 9.97 Å². The molecule has 0 aliphatic carbocycles. The summed E-state index contributed by atoms with van der Waals surface area (Å²) in [5.74, 6) is -0.853. The summed E-state index contributed by atoms with van der Waals surface area (Å²) in [4.78, 5) is 42.0. The van der Waals surface area contributed by atoms with Gasteiger partial charge in [-0.25, -0.2) is 9.18 Å². The standard InChI is InChI=1S/C39H35FN4O3/c1-24-30-23-28(40)17-19-32(30)44(5)37(45)33(24)29-18-16-27(35-36(29)42-21-20-41-35)22-31(38(46)47-39(2,3)4)43-34(25-12-8-6-9-13-25)26-14-10-7-11-15-26/h6-21,23,31H,22H2,1-5H3/t31-/m0/s1. The van der Waals surface area contributed by atoms with Gasteiger partial charge < -0.3 is 9.30 Å². The Morgan fingerprint density at radius 1 is 0.894 bits per heavy atom. The quantitative estimate of drug-likeness (QED) is 0.136. The number of fused-ring (bicyclic) bond motifs is 2. The van der Waals surface area contributed by atoms with Crippen molar-refractivity contribution in [2.24, 2.45) is 12.0 Å². The Bertz CT molecular complexity index is 2160. The highest BCUT2D eigenvalue weighted by Gasteiger charge is 2.28. The van der Waals surface area contributed by atoms with Gasteiger partial charge in [0, 0.05) is 47.9 Å². The molecule has 0 N–H and O–H groups in total. The summed E-state index contributed by atoms with van der Waals surface area (Å²) in [5.41, 5.74) is 5.47. The molecule has 6 aromatic rings. The highest BCUT2D eigenvalue weighted by molar-refractivity contribution is 6.13. The maximum Gasteiger partial charge on any atom is 0.331 e. The van der Waals surface area contributed by atoms with Gasteiger partial charge in [0.25, 0.3) is 5.56 Å². The number of hydrogen-bond acceptors (Lipinski definition) is 6. The number of aromatic nitrogens is 3. The van der Waals surface area contributed by atoms with Crippen molar-refractivity contribution in [3.63, 3.8) is 0 Å². The summed E-state index contributed by atoms with van der Waals surface area (Å²) in [6.07, 6.45) is 3.33. The number of rotatable bonds is 7. The number of carbonyl (C=O) groups is 1. The third-order valence-corrected chi connectivity index (χ3v) is 8.07. The second kappa shape index (κ2) is 12.7. The minimum absolute atomic E-state index is 0.174.